The van der Waals surface area contributed by atoms with Gasteiger partial charge in [0, 0.05) is 6.07 Å². The van der Waals surface area contributed by atoms with Crippen LogP contribution in [-0.2, 0) is 0 Å². The predicted molar refractivity (Wildman–Crippen MR) is 62.7 cm³/mol. The molecule has 0 amide bonds. The lowest BCUT2D eigenvalue weighted by atomic mass is 10.2. The fourth-order valence-electron chi connectivity index (χ4n) is 1.21. The van der Waals surface area contributed by atoms with Gasteiger partial charge in [-0.3, -0.25) is 0 Å². The SMILES string of the molecule is Cc1ccc(Cl)c(Oc2cc(N)ncn2)c1. The highest BCUT2D eigenvalue weighted by atomic mass is 35.5. The van der Waals surface area contributed by atoms with Crippen molar-refractivity contribution in [2.45, 2.75) is 6.92 Å². The maximum atomic E-state index is 5.99. The van der Waals surface area contributed by atoms with Crippen molar-refractivity contribution in [2.24, 2.45) is 0 Å². The minimum atomic E-state index is 0.355. The van der Waals surface area contributed by atoms with Crippen LogP contribution in [0.3, 0.4) is 0 Å². The Morgan fingerprint density at radius 2 is 2.06 bits per heavy atom. The normalized spacial score (nSPS) is 10.1. The summed E-state index contributed by atoms with van der Waals surface area (Å²) in [7, 11) is 0. The number of ether oxygens (including phenoxy) is 1. The third-order valence-electron chi connectivity index (χ3n) is 1.96. The van der Waals surface area contributed by atoms with Crippen molar-refractivity contribution < 1.29 is 4.74 Å². The van der Waals surface area contributed by atoms with Crippen LogP contribution in [-0.4, -0.2) is 9.97 Å². The molecule has 2 rings (SSSR count). The number of aromatic nitrogens is 2. The molecular formula is C11H10ClN3O. The molecule has 0 atom stereocenters. The molecular weight excluding hydrogens is 226 g/mol. The van der Waals surface area contributed by atoms with Gasteiger partial charge in [0.15, 0.2) is 0 Å². The molecule has 0 fully saturated rings. The van der Waals surface area contributed by atoms with Crippen molar-refractivity contribution in [3.05, 3.63) is 41.2 Å². The van der Waals surface area contributed by atoms with Gasteiger partial charge in [-0.25, -0.2) is 9.97 Å². The molecule has 16 heavy (non-hydrogen) atoms. The van der Waals surface area contributed by atoms with Crippen LogP contribution in [0.15, 0.2) is 30.6 Å². The Kier molecular flexibility index (Phi) is 2.92. The smallest absolute Gasteiger partial charge is 0.224 e. The molecule has 0 saturated carbocycles. The number of anilines is 1. The van der Waals surface area contributed by atoms with Crippen molar-refractivity contribution in [3.63, 3.8) is 0 Å². The first kappa shape index (κ1) is 10.7. The molecule has 4 nitrogen and oxygen atoms in total. The van der Waals surface area contributed by atoms with Gasteiger partial charge < -0.3 is 10.5 Å². The molecule has 82 valence electrons. The van der Waals surface area contributed by atoms with E-state index in [1.807, 2.05) is 19.1 Å². The van der Waals surface area contributed by atoms with Crippen LogP contribution >= 0.6 is 11.6 Å². The highest BCUT2D eigenvalue weighted by Crippen LogP contribution is 2.29. The number of nitrogens with zero attached hydrogens (tertiary/aromatic N) is 2. The van der Waals surface area contributed by atoms with Gasteiger partial charge in [-0.05, 0) is 24.6 Å². The third-order valence-corrected chi connectivity index (χ3v) is 2.28. The molecule has 0 bridgehead atoms. The lowest BCUT2D eigenvalue weighted by Crippen LogP contribution is -1.94. The Morgan fingerprint density at radius 3 is 2.81 bits per heavy atom. The molecule has 1 heterocycles. The Labute approximate surface area is 98.0 Å². The quantitative estimate of drug-likeness (QED) is 0.870. The van der Waals surface area contributed by atoms with Crippen LogP contribution < -0.4 is 10.5 Å². The first-order chi connectivity index (χ1) is 7.65. The molecule has 0 aliphatic heterocycles. The molecule has 0 aliphatic carbocycles. The first-order valence-corrected chi connectivity index (χ1v) is 5.04. The molecule has 2 aromatic rings. The lowest BCUT2D eigenvalue weighted by Gasteiger charge is -2.07. The number of aryl methyl sites for hydroxylation is 1. The summed E-state index contributed by atoms with van der Waals surface area (Å²) in [5, 5.41) is 0.530. The van der Waals surface area contributed by atoms with Crippen molar-refractivity contribution >= 4 is 17.4 Å². The molecule has 0 aliphatic rings. The fourth-order valence-corrected chi connectivity index (χ4v) is 1.37. The first-order valence-electron chi connectivity index (χ1n) is 4.66. The summed E-state index contributed by atoms with van der Waals surface area (Å²) in [6.07, 6.45) is 1.34. The average Bonchev–Trinajstić information content (AvgIpc) is 2.24. The number of rotatable bonds is 2. The van der Waals surface area contributed by atoms with Gasteiger partial charge in [-0.15, -0.1) is 0 Å². The Hall–Kier alpha value is -1.81. The highest BCUT2D eigenvalue weighted by Gasteiger charge is 2.04. The number of halogens is 1. The highest BCUT2D eigenvalue weighted by molar-refractivity contribution is 6.32. The van der Waals surface area contributed by atoms with Crippen molar-refractivity contribution in [1.82, 2.24) is 9.97 Å². The van der Waals surface area contributed by atoms with E-state index < -0.39 is 0 Å². The van der Waals surface area contributed by atoms with E-state index in [0.29, 0.717) is 22.5 Å². The number of hydrogen-bond donors (Lipinski definition) is 1. The second kappa shape index (κ2) is 4.37. The molecule has 1 aromatic carbocycles. The largest absolute Gasteiger partial charge is 0.437 e. The molecule has 1 aromatic heterocycles. The summed E-state index contributed by atoms with van der Waals surface area (Å²) in [4.78, 5) is 7.71. The van der Waals surface area contributed by atoms with Crippen molar-refractivity contribution in [1.29, 1.82) is 0 Å². The van der Waals surface area contributed by atoms with Crippen LogP contribution in [0.4, 0.5) is 5.82 Å². The topological polar surface area (TPSA) is 61.0 Å². The minimum Gasteiger partial charge on any atom is -0.437 e. The minimum absolute atomic E-state index is 0.355. The Bertz CT molecular complexity index is 516. The van der Waals surface area contributed by atoms with E-state index in [2.05, 4.69) is 9.97 Å². The number of hydrogen-bond acceptors (Lipinski definition) is 4. The van der Waals surface area contributed by atoms with E-state index in [1.54, 1.807) is 12.1 Å². The van der Waals surface area contributed by atoms with Crippen LogP contribution in [0, 0.1) is 6.92 Å². The van der Waals surface area contributed by atoms with Gasteiger partial charge in [0.2, 0.25) is 5.88 Å². The fraction of sp³-hybridized carbons (Fsp3) is 0.0909. The lowest BCUT2D eigenvalue weighted by molar-refractivity contribution is 0.462. The molecule has 0 unspecified atom stereocenters. The summed E-state index contributed by atoms with van der Waals surface area (Å²) in [6.45, 7) is 1.96. The monoisotopic (exact) mass is 235 g/mol. The van der Waals surface area contributed by atoms with Crippen LogP contribution in [0.1, 0.15) is 5.56 Å². The zero-order valence-electron chi connectivity index (χ0n) is 8.64. The number of nitrogens with two attached hydrogens (primary N) is 1. The van der Waals surface area contributed by atoms with E-state index in [9.17, 15) is 0 Å². The predicted octanol–water partition coefficient (Wildman–Crippen LogP) is 2.81. The van der Waals surface area contributed by atoms with Gasteiger partial charge in [0.05, 0.1) is 5.02 Å². The summed E-state index contributed by atoms with van der Waals surface area (Å²) in [6, 6.07) is 7.06. The third kappa shape index (κ3) is 2.41. The van der Waals surface area contributed by atoms with E-state index in [0.717, 1.165) is 5.56 Å². The zero-order chi connectivity index (χ0) is 11.5. The maximum Gasteiger partial charge on any atom is 0.224 e. The van der Waals surface area contributed by atoms with Gasteiger partial charge in [-0.2, -0.15) is 0 Å². The zero-order valence-corrected chi connectivity index (χ0v) is 9.40. The van der Waals surface area contributed by atoms with Gasteiger partial charge >= 0.3 is 0 Å². The summed E-state index contributed by atoms with van der Waals surface area (Å²) < 4.78 is 5.51. The second-order valence-electron chi connectivity index (χ2n) is 3.32. The second-order valence-corrected chi connectivity index (χ2v) is 3.72. The summed E-state index contributed by atoms with van der Waals surface area (Å²) >= 11 is 5.99. The van der Waals surface area contributed by atoms with E-state index in [4.69, 9.17) is 22.1 Å². The summed E-state index contributed by atoms with van der Waals surface area (Å²) in [5.74, 6) is 1.29. The van der Waals surface area contributed by atoms with E-state index in [1.165, 1.54) is 6.33 Å². The van der Waals surface area contributed by atoms with Gasteiger partial charge in [-0.1, -0.05) is 17.7 Å². The van der Waals surface area contributed by atoms with E-state index in [-0.39, 0.29) is 0 Å². The van der Waals surface area contributed by atoms with Crippen LogP contribution in [0.2, 0.25) is 5.02 Å². The maximum absolute atomic E-state index is 5.99. The molecule has 0 spiro atoms. The molecule has 0 saturated heterocycles. The summed E-state index contributed by atoms with van der Waals surface area (Å²) in [5.41, 5.74) is 6.57. The molecule has 0 radical (unpaired) electrons. The molecule has 2 N–H and O–H groups in total. The van der Waals surface area contributed by atoms with Crippen LogP contribution in [0.25, 0.3) is 0 Å². The molecule has 5 heteroatoms. The van der Waals surface area contributed by atoms with Crippen molar-refractivity contribution in [3.8, 4) is 11.6 Å². The number of nitrogen functional groups attached to an aromatic ring is 1. The van der Waals surface area contributed by atoms with Gasteiger partial charge in [0.1, 0.15) is 17.9 Å². The Balaban J connectivity index is 2.30. The Morgan fingerprint density at radius 1 is 1.25 bits per heavy atom. The average molecular weight is 236 g/mol. The standard InChI is InChI=1S/C11H10ClN3O/c1-7-2-3-8(12)9(4-7)16-11-5-10(13)14-6-15-11/h2-6H,1H3,(H2,13,14,15). The van der Waals surface area contributed by atoms with E-state index >= 15 is 0 Å². The number of benzene rings is 1. The van der Waals surface area contributed by atoms with Crippen LogP contribution in [0.5, 0.6) is 11.6 Å². The van der Waals surface area contributed by atoms with Crippen molar-refractivity contribution in [2.75, 3.05) is 5.73 Å². The van der Waals surface area contributed by atoms with Gasteiger partial charge in [0.25, 0.3) is 0 Å².